The first-order chi connectivity index (χ1) is 7.33. The predicted octanol–water partition coefficient (Wildman–Crippen LogP) is 1.99. The molecule has 0 aliphatic heterocycles. The number of imidazole rings is 1. The number of hydrogen-bond acceptors (Lipinski definition) is 3. The summed E-state index contributed by atoms with van der Waals surface area (Å²) in [5.74, 6) is 6.63. The summed E-state index contributed by atoms with van der Waals surface area (Å²) in [7, 11) is 0. The molecule has 1 aromatic heterocycles. The number of aromatic nitrogens is 2. The van der Waals surface area contributed by atoms with Gasteiger partial charge in [-0.3, -0.25) is 5.84 Å². The Kier molecular flexibility index (Phi) is 5.36. The Morgan fingerprint density at radius 3 is 2.87 bits per heavy atom. The van der Waals surface area contributed by atoms with Crippen LogP contribution in [0.1, 0.15) is 51.4 Å². The highest BCUT2D eigenvalue weighted by Crippen LogP contribution is 2.17. The van der Waals surface area contributed by atoms with Crippen LogP contribution in [-0.4, -0.2) is 9.55 Å². The van der Waals surface area contributed by atoms with Crippen molar-refractivity contribution in [2.75, 3.05) is 0 Å². The van der Waals surface area contributed by atoms with E-state index in [0.29, 0.717) is 0 Å². The average Bonchev–Trinajstić information content (AvgIpc) is 2.68. The second kappa shape index (κ2) is 6.58. The van der Waals surface area contributed by atoms with Gasteiger partial charge in [-0.05, 0) is 12.8 Å². The van der Waals surface area contributed by atoms with Crippen LogP contribution in [0, 0.1) is 0 Å². The van der Waals surface area contributed by atoms with Crippen LogP contribution in [0.2, 0.25) is 0 Å². The third kappa shape index (κ3) is 3.32. The minimum absolute atomic E-state index is 0.187. The predicted molar refractivity (Wildman–Crippen MR) is 62.1 cm³/mol. The average molecular weight is 210 g/mol. The third-order valence-corrected chi connectivity index (χ3v) is 2.57. The van der Waals surface area contributed by atoms with Crippen molar-refractivity contribution < 1.29 is 0 Å². The quantitative estimate of drug-likeness (QED) is 0.534. The van der Waals surface area contributed by atoms with Gasteiger partial charge in [0.05, 0.1) is 6.04 Å². The van der Waals surface area contributed by atoms with E-state index in [9.17, 15) is 0 Å². The fourth-order valence-corrected chi connectivity index (χ4v) is 1.76. The lowest BCUT2D eigenvalue weighted by atomic mass is 10.1. The zero-order valence-electron chi connectivity index (χ0n) is 9.74. The summed E-state index contributed by atoms with van der Waals surface area (Å²) in [6, 6.07) is 0.187. The first kappa shape index (κ1) is 12.2. The van der Waals surface area contributed by atoms with Crippen LogP contribution in [0.3, 0.4) is 0 Å². The zero-order chi connectivity index (χ0) is 11.1. The summed E-state index contributed by atoms with van der Waals surface area (Å²) in [5.41, 5.74) is 2.85. The number of rotatable bonds is 7. The molecular weight excluding hydrogens is 188 g/mol. The second-order valence-electron chi connectivity index (χ2n) is 3.84. The molecule has 86 valence electrons. The number of hydrazine groups is 1. The van der Waals surface area contributed by atoms with Gasteiger partial charge in [0.15, 0.2) is 0 Å². The van der Waals surface area contributed by atoms with Crippen LogP contribution in [0.4, 0.5) is 0 Å². The molecule has 4 heteroatoms. The SMILES string of the molecule is CCCCC(NN)c1nccn1CCC. The summed E-state index contributed by atoms with van der Waals surface area (Å²) in [6.45, 7) is 5.37. The van der Waals surface area contributed by atoms with Crippen molar-refractivity contribution in [2.45, 2.75) is 52.1 Å². The molecule has 4 nitrogen and oxygen atoms in total. The van der Waals surface area contributed by atoms with Crippen LogP contribution in [0.5, 0.6) is 0 Å². The minimum Gasteiger partial charge on any atom is -0.334 e. The molecule has 0 amide bonds. The first-order valence-electron chi connectivity index (χ1n) is 5.80. The summed E-state index contributed by atoms with van der Waals surface area (Å²) >= 11 is 0. The topological polar surface area (TPSA) is 55.9 Å². The lowest BCUT2D eigenvalue weighted by Crippen LogP contribution is -2.30. The molecule has 0 saturated heterocycles. The number of nitrogens with one attached hydrogen (secondary N) is 1. The standard InChI is InChI=1S/C11H22N4/c1-3-5-6-10(14-12)11-13-7-9-15(11)8-4-2/h7,9-10,14H,3-6,8,12H2,1-2H3. The van der Waals surface area contributed by atoms with Crippen LogP contribution in [-0.2, 0) is 6.54 Å². The maximum absolute atomic E-state index is 5.57. The molecule has 0 radical (unpaired) electrons. The van der Waals surface area contributed by atoms with Gasteiger partial charge in [-0.1, -0.05) is 26.7 Å². The number of aryl methyl sites for hydroxylation is 1. The molecule has 1 atom stereocenters. The Labute approximate surface area is 91.8 Å². The largest absolute Gasteiger partial charge is 0.334 e. The fourth-order valence-electron chi connectivity index (χ4n) is 1.76. The maximum Gasteiger partial charge on any atom is 0.127 e. The van der Waals surface area contributed by atoms with E-state index in [2.05, 4.69) is 28.8 Å². The van der Waals surface area contributed by atoms with Crippen molar-refractivity contribution in [3.63, 3.8) is 0 Å². The third-order valence-electron chi connectivity index (χ3n) is 2.57. The number of nitrogens with zero attached hydrogens (tertiary/aromatic N) is 2. The lowest BCUT2D eigenvalue weighted by Gasteiger charge is -2.16. The molecule has 0 bridgehead atoms. The highest BCUT2D eigenvalue weighted by Gasteiger charge is 2.14. The van der Waals surface area contributed by atoms with E-state index in [1.165, 1.54) is 12.8 Å². The van der Waals surface area contributed by atoms with Gasteiger partial charge in [0, 0.05) is 18.9 Å². The van der Waals surface area contributed by atoms with Crippen molar-refractivity contribution >= 4 is 0 Å². The van der Waals surface area contributed by atoms with E-state index in [4.69, 9.17) is 5.84 Å². The van der Waals surface area contributed by atoms with Crippen LogP contribution < -0.4 is 11.3 Å². The zero-order valence-corrected chi connectivity index (χ0v) is 9.74. The molecular formula is C11H22N4. The number of nitrogens with two attached hydrogens (primary N) is 1. The molecule has 0 aliphatic carbocycles. The van der Waals surface area contributed by atoms with Crippen molar-refractivity contribution in [3.8, 4) is 0 Å². The monoisotopic (exact) mass is 210 g/mol. The van der Waals surface area contributed by atoms with Gasteiger partial charge in [0.25, 0.3) is 0 Å². The van der Waals surface area contributed by atoms with E-state index in [1.54, 1.807) is 0 Å². The van der Waals surface area contributed by atoms with Gasteiger partial charge in [-0.15, -0.1) is 0 Å². The summed E-state index contributed by atoms with van der Waals surface area (Å²) in [6.07, 6.45) is 8.40. The molecule has 3 N–H and O–H groups in total. The van der Waals surface area contributed by atoms with Gasteiger partial charge >= 0.3 is 0 Å². The molecule has 1 aromatic rings. The summed E-state index contributed by atoms with van der Waals surface area (Å²) < 4.78 is 2.18. The van der Waals surface area contributed by atoms with E-state index < -0.39 is 0 Å². The molecule has 0 aliphatic rings. The highest BCUT2D eigenvalue weighted by atomic mass is 15.3. The normalized spacial score (nSPS) is 13.0. The van der Waals surface area contributed by atoms with Gasteiger partial charge in [0.2, 0.25) is 0 Å². The maximum atomic E-state index is 5.57. The Morgan fingerprint density at radius 1 is 1.47 bits per heavy atom. The fraction of sp³-hybridized carbons (Fsp3) is 0.727. The van der Waals surface area contributed by atoms with Gasteiger partial charge in [-0.2, -0.15) is 0 Å². The Hall–Kier alpha value is -0.870. The van der Waals surface area contributed by atoms with Crippen molar-refractivity contribution in [1.29, 1.82) is 0 Å². The lowest BCUT2D eigenvalue weighted by molar-refractivity contribution is 0.449. The second-order valence-corrected chi connectivity index (χ2v) is 3.84. The molecule has 0 aromatic carbocycles. The van der Waals surface area contributed by atoms with Gasteiger partial charge < -0.3 is 4.57 Å². The van der Waals surface area contributed by atoms with Crippen LogP contribution in [0.25, 0.3) is 0 Å². The van der Waals surface area contributed by atoms with Gasteiger partial charge in [0.1, 0.15) is 5.82 Å². The van der Waals surface area contributed by atoms with Crippen LogP contribution in [0.15, 0.2) is 12.4 Å². The van der Waals surface area contributed by atoms with Crippen LogP contribution >= 0.6 is 0 Å². The Balaban J connectivity index is 2.67. The van der Waals surface area contributed by atoms with Crippen molar-refractivity contribution in [1.82, 2.24) is 15.0 Å². The Morgan fingerprint density at radius 2 is 2.27 bits per heavy atom. The number of unbranched alkanes of at least 4 members (excludes halogenated alkanes) is 1. The minimum atomic E-state index is 0.187. The molecule has 0 fully saturated rings. The molecule has 1 unspecified atom stereocenters. The van der Waals surface area contributed by atoms with E-state index in [-0.39, 0.29) is 6.04 Å². The highest BCUT2D eigenvalue weighted by molar-refractivity contribution is 4.98. The van der Waals surface area contributed by atoms with Crippen molar-refractivity contribution in [2.24, 2.45) is 5.84 Å². The molecule has 1 rings (SSSR count). The van der Waals surface area contributed by atoms with E-state index in [1.807, 2.05) is 12.4 Å². The molecule has 1 heterocycles. The summed E-state index contributed by atoms with van der Waals surface area (Å²) in [5, 5.41) is 0. The van der Waals surface area contributed by atoms with E-state index in [0.717, 1.165) is 25.2 Å². The summed E-state index contributed by atoms with van der Waals surface area (Å²) in [4.78, 5) is 4.38. The molecule has 15 heavy (non-hydrogen) atoms. The molecule has 0 saturated carbocycles. The first-order valence-corrected chi connectivity index (χ1v) is 5.80. The van der Waals surface area contributed by atoms with Crippen molar-refractivity contribution in [3.05, 3.63) is 18.2 Å². The molecule has 0 spiro atoms. The van der Waals surface area contributed by atoms with E-state index >= 15 is 0 Å². The van der Waals surface area contributed by atoms with Gasteiger partial charge in [-0.25, -0.2) is 10.4 Å². The number of hydrogen-bond donors (Lipinski definition) is 2. The smallest absolute Gasteiger partial charge is 0.127 e. The Bertz CT molecular complexity index is 269.